The molecule has 0 aliphatic carbocycles. The molecule has 4 aromatic heterocycles. The fourth-order valence-electron chi connectivity index (χ4n) is 9.00. The molecule has 0 radical (unpaired) electrons. The zero-order valence-corrected chi connectivity index (χ0v) is 30.8. The first-order chi connectivity index (χ1) is 28.3. The average molecular weight is 728 g/mol. The number of rotatable bonds is 5. The predicted octanol–water partition coefficient (Wildman–Crippen LogP) is 13.1. The van der Waals surface area contributed by atoms with Crippen molar-refractivity contribution in [1.29, 1.82) is 0 Å². The van der Waals surface area contributed by atoms with Gasteiger partial charge in [0.15, 0.2) is 5.82 Å². The Morgan fingerprint density at radius 2 is 0.982 bits per heavy atom. The number of hydrogen-bond donors (Lipinski definition) is 0. The van der Waals surface area contributed by atoms with E-state index in [4.69, 9.17) is 9.97 Å². The van der Waals surface area contributed by atoms with Crippen molar-refractivity contribution in [3.8, 4) is 39.7 Å². The molecule has 57 heavy (non-hydrogen) atoms. The van der Waals surface area contributed by atoms with Gasteiger partial charge in [-0.2, -0.15) is 0 Å². The van der Waals surface area contributed by atoms with Gasteiger partial charge < -0.3 is 13.7 Å². The SMILES string of the molecule is c1ccc(-c2nc(-c3cccc(-n4c5ccccc5c5ccc6c(c7ccc8c(ccn8-c8ccccc8)c7n6-c6ccccc6)c54)c3)nc3ccccc23)cc1. The molecule has 8 aromatic carbocycles. The van der Waals surface area contributed by atoms with Crippen LogP contribution in [0.15, 0.2) is 200 Å². The highest BCUT2D eigenvalue weighted by molar-refractivity contribution is 6.29. The summed E-state index contributed by atoms with van der Waals surface area (Å²) in [5.41, 5.74) is 13.1. The van der Waals surface area contributed by atoms with Gasteiger partial charge in [0, 0.05) is 66.7 Å². The zero-order valence-electron chi connectivity index (χ0n) is 30.8. The maximum Gasteiger partial charge on any atom is 0.160 e. The molecule has 0 unspecified atom stereocenters. The first-order valence-corrected chi connectivity index (χ1v) is 19.3. The van der Waals surface area contributed by atoms with Crippen molar-refractivity contribution >= 4 is 65.4 Å². The molecule has 0 aliphatic rings. The van der Waals surface area contributed by atoms with Gasteiger partial charge in [-0.3, -0.25) is 0 Å². The van der Waals surface area contributed by atoms with Crippen LogP contribution in [0, 0.1) is 0 Å². The smallest absolute Gasteiger partial charge is 0.160 e. The van der Waals surface area contributed by atoms with E-state index in [2.05, 4.69) is 202 Å². The van der Waals surface area contributed by atoms with Crippen LogP contribution in [-0.2, 0) is 0 Å². The standard InChI is InChI=1S/C52H33N5/c1-4-15-34(16-5-1)49-41-24-10-12-25-44(41)53-52(54-49)35-17-14-22-38(33-35)57-46-26-13-11-23-39(46)40-27-30-47-48(51(40)57)43-28-29-45-42(31-32-55(45)36-18-6-2-7-19-36)50(43)56(47)37-20-8-3-9-21-37/h1-33H. The maximum atomic E-state index is 5.24. The molecule has 12 aromatic rings. The van der Waals surface area contributed by atoms with Crippen LogP contribution in [0.4, 0.5) is 0 Å². The van der Waals surface area contributed by atoms with Crippen molar-refractivity contribution in [2.24, 2.45) is 0 Å². The summed E-state index contributed by atoms with van der Waals surface area (Å²) in [7, 11) is 0. The van der Waals surface area contributed by atoms with Crippen molar-refractivity contribution in [3.63, 3.8) is 0 Å². The minimum Gasteiger partial charge on any atom is -0.316 e. The Morgan fingerprint density at radius 3 is 1.81 bits per heavy atom. The van der Waals surface area contributed by atoms with Gasteiger partial charge in [-0.05, 0) is 72.8 Å². The summed E-state index contributed by atoms with van der Waals surface area (Å²) in [6.45, 7) is 0. The van der Waals surface area contributed by atoms with E-state index in [9.17, 15) is 0 Å². The fraction of sp³-hybridized carbons (Fsp3) is 0. The summed E-state index contributed by atoms with van der Waals surface area (Å²) >= 11 is 0. The summed E-state index contributed by atoms with van der Waals surface area (Å²) in [5.74, 6) is 0.700. The molecular weight excluding hydrogens is 695 g/mol. The van der Waals surface area contributed by atoms with E-state index in [1.165, 1.54) is 43.5 Å². The van der Waals surface area contributed by atoms with E-state index in [1.807, 2.05) is 12.1 Å². The van der Waals surface area contributed by atoms with Crippen LogP contribution in [0.1, 0.15) is 0 Å². The lowest BCUT2D eigenvalue weighted by atomic mass is 10.1. The second-order valence-corrected chi connectivity index (χ2v) is 14.6. The van der Waals surface area contributed by atoms with Gasteiger partial charge in [-0.25, -0.2) is 9.97 Å². The van der Waals surface area contributed by atoms with E-state index in [0.717, 1.165) is 55.8 Å². The summed E-state index contributed by atoms with van der Waals surface area (Å²) in [6, 6.07) is 69.0. The summed E-state index contributed by atoms with van der Waals surface area (Å²) < 4.78 is 7.19. The lowest BCUT2D eigenvalue weighted by Gasteiger charge is -2.13. The Kier molecular flexibility index (Phi) is 6.86. The maximum absolute atomic E-state index is 5.24. The van der Waals surface area contributed by atoms with E-state index in [0.29, 0.717) is 5.82 Å². The monoisotopic (exact) mass is 727 g/mol. The third kappa shape index (κ3) is 4.76. The Balaban J connectivity index is 1.16. The fourth-order valence-corrected chi connectivity index (χ4v) is 9.00. The van der Waals surface area contributed by atoms with Gasteiger partial charge in [-0.1, -0.05) is 121 Å². The van der Waals surface area contributed by atoms with Gasteiger partial charge in [0.1, 0.15) is 0 Å². The number of fused-ring (bicyclic) bond motifs is 10. The quantitative estimate of drug-likeness (QED) is 0.177. The first-order valence-electron chi connectivity index (χ1n) is 19.3. The van der Waals surface area contributed by atoms with Crippen LogP contribution in [0.25, 0.3) is 105 Å². The Bertz CT molecular complexity index is 3500. The molecular formula is C52H33N5. The lowest BCUT2D eigenvalue weighted by Crippen LogP contribution is -1.98. The molecule has 12 rings (SSSR count). The molecule has 0 saturated heterocycles. The van der Waals surface area contributed by atoms with Gasteiger partial charge in [0.25, 0.3) is 0 Å². The summed E-state index contributed by atoms with van der Waals surface area (Å²) in [5, 5.41) is 7.10. The van der Waals surface area contributed by atoms with Crippen LogP contribution in [0.3, 0.4) is 0 Å². The van der Waals surface area contributed by atoms with E-state index < -0.39 is 0 Å². The number of benzene rings is 8. The van der Waals surface area contributed by atoms with E-state index >= 15 is 0 Å². The second kappa shape index (κ2) is 12.4. The van der Waals surface area contributed by atoms with Crippen LogP contribution in [0.5, 0.6) is 0 Å². The second-order valence-electron chi connectivity index (χ2n) is 14.6. The Labute approximate surface area is 328 Å². The van der Waals surface area contributed by atoms with Gasteiger partial charge in [0.2, 0.25) is 0 Å². The molecule has 4 heterocycles. The third-order valence-electron chi connectivity index (χ3n) is 11.5. The lowest BCUT2D eigenvalue weighted by molar-refractivity contribution is 1.13. The van der Waals surface area contributed by atoms with Crippen LogP contribution in [-0.4, -0.2) is 23.7 Å². The largest absolute Gasteiger partial charge is 0.316 e. The molecule has 0 amide bonds. The highest BCUT2D eigenvalue weighted by Gasteiger charge is 2.23. The normalized spacial score (nSPS) is 11.9. The number of aromatic nitrogens is 5. The van der Waals surface area contributed by atoms with Gasteiger partial charge in [0.05, 0.1) is 38.8 Å². The molecule has 0 atom stereocenters. The Hall–Kier alpha value is -7.76. The number of para-hydroxylation sites is 4. The zero-order chi connectivity index (χ0) is 37.5. The summed E-state index contributed by atoms with van der Waals surface area (Å²) in [4.78, 5) is 10.4. The van der Waals surface area contributed by atoms with Crippen molar-refractivity contribution < 1.29 is 0 Å². The van der Waals surface area contributed by atoms with Gasteiger partial charge in [-0.15, -0.1) is 0 Å². The van der Waals surface area contributed by atoms with Crippen LogP contribution in [0.2, 0.25) is 0 Å². The molecule has 0 fully saturated rings. The predicted molar refractivity (Wildman–Crippen MR) is 236 cm³/mol. The first kappa shape index (κ1) is 31.6. The summed E-state index contributed by atoms with van der Waals surface area (Å²) in [6.07, 6.45) is 2.20. The minimum absolute atomic E-state index is 0.700. The van der Waals surface area contributed by atoms with E-state index in [-0.39, 0.29) is 0 Å². The van der Waals surface area contributed by atoms with Gasteiger partial charge >= 0.3 is 0 Å². The van der Waals surface area contributed by atoms with E-state index in [1.54, 1.807) is 0 Å². The number of hydrogen-bond acceptors (Lipinski definition) is 2. The topological polar surface area (TPSA) is 40.6 Å². The molecule has 266 valence electrons. The van der Waals surface area contributed by atoms with Crippen LogP contribution >= 0.6 is 0 Å². The molecule has 0 N–H and O–H groups in total. The van der Waals surface area contributed by atoms with Crippen LogP contribution < -0.4 is 0 Å². The van der Waals surface area contributed by atoms with Crippen molar-refractivity contribution in [1.82, 2.24) is 23.7 Å². The van der Waals surface area contributed by atoms with Crippen molar-refractivity contribution in [2.75, 3.05) is 0 Å². The molecule has 0 spiro atoms. The molecule has 0 saturated carbocycles. The third-order valence-corrected chi connectivity index (χ3v) is 11.5. The van der Waals surface area contributed by atoms with Crippen molar-refractivity contribution in [3.05, 3.63) is 200 Å². The van der Waals surface area contributed by atoms with Crippen molar-refractivity contribution in [2.45, 2.75) is 0 Å². The average Bonchev–Trinajstić information content (AvgIpc) is 3.97. The molecule has 0 aliphatic heterocycles. The molecule has 0 bridgehead atoms. The highest BCUT2D eigenvalue weighted by atomic mass is 15.0. The molecule has 5 nitrogen and oxygen atoms in total. The number of nitrogens with zero attached hydrogens (tertiary/aromatic N) is 5. The molecule has 5 heteroatoms. The highest BCUT2D eigenvalue weighted by Crippen LogP contribution is 2.44. The Morgan fingerprint density at radius 1 is 0.351 bits per heavy atom. The minimum atomic E-state index is 0.700.